The van der Waals surface area contributed by atoms with Gasteiger partial charge in [0.15, 0.2) is 5.82 Å². The zero-order valence-corrected chi connectivity index (χ0v) is 16.0. The fourth-order valence-corrected chi connectivity index (χ4v) is 3.76. The molecule has 0 bridgehead atoms. The highest BCUT2D eigenvalue weighted by Gasteiger charge is 2.25. The van der Waals surface area contributed by atoms with Crippen molar-refractivity contribution in [1.82, 2.24) is 20.5 Å². The monoisotopic (exact) mass is 379 g/mol. The molecule has 0 spiro atoms. The summed E-state index contributed by atoms with van der Waals surface area (Å²) in [5.74, 6) is 1.55. The van der Waals surface area contributed by atoms with E-state index in [1.165, 1.54) is 10.9 Å². The van der Waals surface area contributed by atoms with Crippen molar-refractivity contribution >= 4 is 22.6 Å². The molecule has 1 aliphatic heterocycles. The van der Waals surface area contributed by atoms with Gasteiger partial charge in [-0.3, -0.25) is 4.79 Å². The molecule has 7 nitrogen and oxygen atoms in total. The number of fused-ring (bicyclic) bond motifs is 1. The summed E-state index contributed by atoms with van der Waals surface area (Å²) in [5, 5.41) is 12.5. The Hall–Kier alpha value is -3.09. The third-order valence-electron chi connectivity index (χ3n) is 5.39. The molecule has 146 valence electrons. The minimum atomic E-state index is 0.0606. The number of methoxy groups -OCH3 is 1. The first-order valence-corrected chi connectivity index (χ1v) is 9.70. The molecular weight excluding hydrogens is 354 g/mol. The summed E-state index contributed by atoms with van der Waals surface area (Å²) in [5.41, 5.74) is 2.38. The Morgan fingerprint density at radius 2 is 2.04 bits per heavy atom. The number of piperidine rings is 1. The molecule has 4 rings (SSSR count). The quantitative estimate of drug-likeness (QED) is 0.688. The van der Waals surface area contributed by atoms with Crippen LogP contribution in [0.5, 0.6) is 5.88 Å². The Balaban J connectivity index is 1.25. The molecule has 2 aromatic heterocycles. The van der Waals surface area contributed by atoms with Gasteiger partial charge in [-0.25, -0.2) is 0 Å². The third-order valence-corrected chi connectivity index (χ3v) is 5.39. The van der Waals surface area contributed by atoms with E-state index >= 15 is 0 Å². The fourth-order valence-electron chi connectivity index (χ4n) is 3.76. The predicted octanol–water partition coefficient (Wildman–Crippen LogP) is 2.54. The highest BCUT2D eigenvalue weighted by molar-refractivity contribution is 5.83. The number of nitrogens with zero attached hydrogens (tertiary/aromatic N) is 3. The zero-order valence-electron chi connectivity index (χ0n) is 16.0. The number of hydrogen-bond donors (Lipinski definition) is 2. The number of ether oxygens (including phenoxy) is 1. The number of carbonyl (C=O) groups excluding carboxylic acids is 1. The van der Waals surface area contributed by atoms with Crippen LogP contribution in [0.1, 0.15) is 18.4 Å². The first kappa shape index (κ1) is 18.3. The minimum Gasteiger partial charge on any atom is -0.480 e. The molecule has 1 aliphatic rings. The lowest BCUT2D eigenvalue weighted by atomic mass is 9.96. The van der Waals surface area contributed by atoms with E-state index in [9.17, 15) is 4.79 Å². The van der Waals surface area contributed by atoms with E-state index in [0.29, 0.717) is 12.4 Å². The van der Waals surface area contributed by atoms with Gasteiger partial charge in [0.25, 0.3) is 0 Å². The van der Waals surface area contributed by atoms with Gasteiger partial charge in [0.2, 0.25) is 11.8 Å². The number of amides is 1. The normalized spacial score (nSPS) is 15.0. The number of benzene rings is 1. The van der Waals surface area contributed by atoms with Crippen LogP contribution in [0.4, 0.5) is 5.82 Å². The fraction of sp³-hybridized carbons (Fsp3) is 0.381. The molecule has 0 aliphatic carbocycles. The maximum Gasteiger partial charge on any atom is 0.233 e. The summed E-state index contributed by atoms with van der Waals surface area (Å²) >= 11 is 0. The molecule has 2 N–H and O–H groups in total. The number of nitrogens with one attached hydrogen (secondary N) is 2. The molecular formula is C21H25N5O2. The number of carbonyl (C=O) groups is 1. The van der Waals surface area contributed by atoms with Gasteiger partial charge in [-0.15, -0.1) is 10.2 Å². The Bertz CT molecular complexity index is 929. The smallest absolute Gasteiger partial charge is 0.233 e. The van der Waals surface area contributed by atoms with Crippen LogP contribution in [0.25, 0.3) is 10.9 Å². The number of hydrogen-bond acceptors (Lipinski definition) is 5. The Morgan fingerprint density at radius 1 is 1.21 bits per heavy atom. The molecule has 0 radical (unpaired) electrons. The standard InChI is InChI=1S/C21H25N5O2/c1-28-20-7-6-19(24-25-20)26-12-9-15(10-13-26)21(27)22-11-8-16-14-23-18-5-3-2-4-17(16)18/h2-7,14-15,23H,8-13H2,1H3,(H,22,27). The van der Waals surface area contributed by atoms with Crippen LogP contribution in [0, 0.1) is 5.92 Å². The van der Waals surface area contributed by atoms with Crippen LogP contribution in [-0.4, -0.2) is 47.8 Å². The summed E-state index contributed by atoms with van der Waals surface area (Å²) < 4.78 is 5.05. The van der Waals surface area contributed by atoms with Crippen molar-refractivity contribution in [2.75, 3.05) is 31.6 Å². The number of aromatic amines is 1. The van der Waals surface area contributed by atoms with Crippen molar-refractivity contribution in [3.05, 3.63) is 48.2 Å². The Labute approximate surface area is 164 Å². The molecule has 0 unspecified atom stereocenters. The van der Waals surface area contributed by atoms with Crippen molar-refractivity contribution < 1.29 is 9.53 Å². The molecule has 1 saturated heterocycles. The minimum absolute atomic E-state index is 0.0606. The van der Waals surface area contributed by atoms with Crippen LogP contribution in [-0.2, 0) is 11.2 Å². The number of para-hydroxylation sites is 1. The summed E-state index contributed by atoms with van der Waals surface area (Å²) in [6.07, 6.45) is 4.51. The lowest BCUT2D eigenvalue weighted by molar-refractivity contribution is -0.125. The second kappa shape index (κ2) is 8.29. The average Bonchev–Trinajstić information content (AvgIpc) is 3.17. The summed E-state index contributed by atoms with van der Waals surface area (Å²) in [7, 11) is 1.58. The van der Waals surface area contributed by atoms with Crippen LogP contribution in [0.2, 0.25) is 0 Å². The number of rotatable bonds is 6. The van der Waals surface area contributed by atoms with Gasteiger partial charge in [-0.2, -0.15) is 0 Å². The highest BCUT2D eigenvalue weighted by Crippen LogP contribution is 2.22. The predicted molar refractivity (Wildman–Crippen MR) is 109 cm³/mol. The molecule has 28 heavy (non-hydrogen) atoms. The number of anilines is 1. The van der Waals surface area contributed by atoms with Crippen molar-refractivity contribution in [2.24, 2.45) is 5.92 Å². The van der Waals surface area contributed by atoms with Gasteiger partial charge >= 0.3 is 0 Å². The lowest BCUT2D eigenvalue weighted by Crippen LogP contribution is -2.41. The van der Waals surface area contributed by atoms with Gasteiger partial charge in [0.1, 0.15) is 0 Å². The van der Waals surface area contributed by atoms with E-state index < -0.39 is 0 Å². The number of H-pyrrole nitrogens is 1. The molecule has 1 fully saturated rings. The molecule has 0 atom stereocenters. The van der Waals surface area contributed by atoms with Gasteiger partial charge in [-0.1, -0.05) is 18.2 Å². The Morgan fingerprint density at radius 3 is 2.79 bits per heavy atom. The molecule has 3 aromatic rings. The Kier molecular flexibility index (Phi) is 5.41. The van der Waals surface area contributed by atoms with Crippen molar-refractivity contribution in [3.63, 3.8) is 0 Å². The van der Waals surface area contributed by atoms with E-state index in [1.54, 1.807) is 7.11 Å². The number of aromatic nitrogens is 3. The molecule has 1 amide bonds. The molecule has 0 saturated carbocycles. The molecule has 1 aromatic carbocycles. The van der Waals surface area contributed by atoms with E-state index in [-0.39, 0.29) is 11.8 Å². The molecule has 3 heterocycles. The van der Waals surface area contributed by atoms with Gasteiger partial charge in [0.05, 0.1) is 7.11 Å². The summed E-state index contributed by atoms with van der Waals surface area (Å²) in [4.78, 5) is 18.0. The third kappa shape index (κ3) is 3.93. The van der Waals surface area contributed by atoms with E-state index in [1.807, 2.05) is 30.5 Å². The van der Waals surface area contributed by atoms with Crippen molar-refractivity contribution in [2.45, 2.75) is 19.3 Å². The summed E-state index contributed by atoms with van der Waals surface area (Å²) in [6, 6.07) is 12.0. The van der Waals surface area contributed by atoms with Crippen LogP contribution in [0.3, 0.4) is 0 Å². The zero-order chi connectivity index (χ0) is 19.3. The first-order chi connectivity index (χ1) is 13.7. The van der Waals surface area contributed by atoms with Gasteiger partial charge in [-0.05, 0) is 37.0 Å². The summed E-state index contributed by atoms with van der Waals surface area (Å²) in [6.45, 7) is 2.27. The van der Waals surface area contributed by atoms with Crippen molar-refractivity contribution in [1.29, 1.82) is 0 Å². The van der Waals surface area contributed by atoms with Crippen LogP contribution >= 0.6 is 0 Å². The van der Waals surface area contributed by atoms with Gasteiger partial charge in [0, 0.05) is 48.7 Å². The van der Waals surface area contributed by atoms with Crippen LogP contribution < -0.4 is 15.0 Å². The van der Waals surface area contributed by atoms with Crippen molar-refractivity contribution in [3.8, 4) is 5.88 Å². The largest absolute Gasteiger partial charge is 0.480 e. The second-order valence-electron chi connectivity index (χ2n) is 7.10. The highest BCUT2D eigenvalue weighted by atomic mass is 16.5. The van der Waals surface area contributed by atoms with Gasteiger partial charge < -0.3 is 19.9 Å². The molecule has 7 heteroatoms. The van der Waals surface area contributed by atoms with E-state index in [0.717, 1.165) is 43.7 Å². The maximum absolute atomic E-state index is 12.5. The second-order valence-corrected chi connectivity index (χ2v) is 7.10. The first-order valence-electron chi connectivity index (χ1n) is 9.70. The topological polar surface area (TPSA) is 83.1 Å². The van der Waals surface area contributed by atoms with E-state index in [4.69, 9.17) is 4.74 Å². The SMILES string of the molecule is COc1ccc(N2CCC(C(=O)NCCc3c[nH]c4ccccc34)CC2)nn1. The van der Waals surface area contributed by atoms with Crippen LogP contribution in [0.15, 0.2) is 42.6 Å². The lowest BCUT2D eigenvalue weighted by Gasteiger charge is -2.31. The maximum atomic E-state index is 12.5. The average molecular weight is 379 g/mol. The van der Waals surface area contributed by atoms with E-state index in [2.05, 4.69) is 37.5 Å².